The predicted molar refractivity (Wildman–Crippen MR) is 122 cm³/mol. The van der Waals surface area contributed by atoms with Gasteiger partial charge in [-0.25, -0.2) is 8.42 Å². The molecule has 168 valence electrons. The fraction of sp³-hybridized carbons (Fsp3) is 0.522. The first-order valence-electron chi connectivity index (χ1n) is 11.0. The summed E-state index contributed by atoms with van der Waals surface area (Å²) in [5.41, 5.74) is 4.82. The van der Waals surface area contributed by atoms with Crippen LogP contribution in [0.2, 0.25) is 0 Å². The molecule has 0 unspecified atom stereocenters. The van der Waals surface area contributed by atoms with Gasteiger partial charge in [0, 0.05) is 57.7 Å². The van der Waals surface area contributed by atoms with Gasteiger partial charge in [0.25, 0.3) is 5.91 Å². The molecular formula is C23H32N4O3S. The third-order valence-corrected chi connectivity index (χ3v) is 8.89. The van der Waals surface area contributed by atoms with Crippen LogP contribution >= 0.6 is 0 Å². The monoisotopic (exact) mass is 444 g/mol. The number of carbonyl (C=O) groups excluding carboxylic acids is 1. The lowest BCUT2D eigenvalue weighted by atomic mass is 10.1. The molecule has 8 heteroatoms. The molecule has 1 amide bonds. The van der Waals surface area contributed by atoms with Crippen LogP contribution in [-0.2, 0) is 17.1 Å². The quantitative estimate of drug-likeness (QED) is 0.727. The summed E-state index contributed by atoms with van der Waals surface area (Å²) in [4.78, 5) is 17.7. The third-order valence-electron chi connectivity index (χ3n) is 6.87. The molecule has 0 bridgehead atoms. The van der Waals surface area contributed by atoms with Crippen LogP contribution in [0.15, 0.2) is 29.2 Å². The molecule has 0 saturated carbocycles. The standard InChI is InChI=1S/C23H32N4O3S/c1-17-8-7-9-20(18(17)2)25-12-14-26(15-13-25)23(28)21-16-22(19(3)24(21)4)31(29,30)27-10-5-6-11-27/h7-9,16H,5-6,10-15H2,1-4H3. The maximum absolute atomic E-state index is 13.3. The molecule has 0 aliphatic carbocycles. The minimum absolute atomic E-state index is 0.103. The molecule has 1 aromatic carbocycles. The first-order valence-corrected chi connectivity index (χ1v) is 12.4. The van der Waals surface area contributed by atoms with E-state index in [1.54, 1.807) is 24.6 Å². The van der Waals surface area contributed by atoms with Crippen molar-refractivity contribution >= 4 is 21.6 Å². The van der Waals surface area contributed by atoms with Gasteiger partial charge < -0.3 is 14.4 Å². The van der Waals surface area contributed by atoms with Crippen molar-refractivity contribution in [2.45, 2.75) is 38.5 Å². The molecule has 0 atom stereocenters. The number of carbonyl (C=O) groups is 1. The Bertz CT molecular complexity index is 1090. The van der Waals surface area contributed by atoms with Crippen molar-refractivity contribution in [1.82, 2.24) is 13.8 Å². The van der Waals surface area contributed by atoms with Gasteiger partial charge in [-0.2, -0.15) is 4.31 Å². The van der Waals surface area contributed by atoms with Gasteiger partial charge in [0.05, 0.1) is 0 Å². The maximum atomic E-state index is 13.3. The Morgan fingerprint density at radius 1 is 0.935 bits per heavy atom. The largest absolute Gasteiger partial charge is 0.368 e. The third kappa shape index (κ3) is 3.87. The summed E-state index contributed by atoms with van der Waals surface area (Å²) in [5.74, 6) is -0.103. The number of hydrogen-bond donors (Lipinski definition) is 0. The average molecular weight is 445 g/mol. The summed E-state index contributed by atoms with van der Waals surface area (Å²) in [6.45, 7) is 9.90. The van der Waals surface area contributed by atoms with Gasteiger partial charge >= 0.3 is 0 Å². The smallest absolute Gasteiger partial charge is 0.270 e. The van der Waals surface area contributed by atoms with Crippen LogP contribution in [0.1, 0.15) is 40.2 Å². The highest BCUT2D eigenvalue weighted by Gasteiger charge is 2.33. The second kappa shape index (κ2) is 8.31. The lowest BCUT2D eigenvalue weighted by Crippen LogP contribution is -2.49. The van der Waals surface area contributed by atoms with Crippen LogP contribution < -0.4 is 4.90 Å². The van der Waals surface area contributed by atoms with Crippen molar-refractivity contribution in [2.75, 3.05) is 44.2 Å². The van der Waals surface area contributed by atoms with E-state index in [-0.39, 0.29) is 10.8 Å². The van der Waals surface area contributed by atoms with Crippen molar-refractivity contribution in [3.63, 3.8) is 0 Å². The zero-order valence-corrected chi connectivity index (χ0v) is 19.7. The number of aromatic nitrogens is 1. The molecule has 0 spiro atoms. The van der Waals surface area contributed by atoms with Crippen LogP contribution in [0.3, 0.4) is 0 Å². The zero-order chi connectivity index (χ0) is 22.3. The highest BCUT2D eigenvalue weighted by atomic mass is 32.2. The molecule has 4 rings (SSSR count). The molecule has 1 aromatic heterocycles. The van der Waals surface area contributed by atoms with E-state index in [4.69, 9.17) is 0 Å². The van der Waals surface area contributed by atoms with Gasteiger partial charge in [0.15, 0.2) is 0 Å². The SMILES string of the molecule is Cc1cccc(N2CCN(C(=O)c3cc(S(=O)(=O)N4CCCC4)c(C)n3C)CC2)c1C. The Morgan fingerprint density at radius 2 is 1.58 bits per heavy atom. The Kier molecular flexibility index (Phi) is 5.87. The lowest BCUT2D eigenvalue weighted by Gasteiger charge is -2.37. The van der Waals surface area contributed by atoms with Crippen LogP contribution in [0.25, 0.3) is 0 Å². The summed E-state index contributed by atoms with van der Waals surface area (Å²) in [5, 5.41) is 0. The van der Waals surface area contributed by atoms with Gasteiger partial charge in [-0.3, -0.25) is 4.79 Å². The van der Waals surface area contributed by atoms with Gasteiger partial charge in [-0.05, 0) is 56.9 Å². The number of benzene rings is 1. The second-order valence-electron chi connectivity index (χ2n) is 8.65. The fourth-order valence-electron chi connectivity index (χ4n) is 4.60. The first kappa shape index (κ1) is 21.9. The zero-order valence-electron chi connectivity index (χ0n) is 18.9. The summed E-state index contributed by atoms with van der Waals surface area (Å²) >= 11 is 0. The van der Waals surface area contributed by atoms with Crippen molar-refractivity contribution in [1.29, 1.82) is 0 Å². The predicted octanol–water partition coefficient (Wildman–Crippen LogP) is 2.70. The molecule has 2 aromatic rings. The van der Waals surface area contributed by atoms with E-state index in [9.17, 15) is 13.2 Å². The first-order chi connectivity index (χ1) is 14.7. The van der Waals surface area contributed by atoms with E-state index in [1.165, 1.54) is 21.1 Å². The van der Waals surface area contributed by atoms with Crippen molar-refractivity contribution in [3.05, 3.63) is 46.8 Å². The van der Waals surface area contributed by atoms with Gasteiger partial charge in [0.1, 0.15) is 10.6 Å². The Balaban J connectivity index is 1.51. The summed E-state index contributed by atoms with van der Waals surface area (Å²) in [7, 11) is -1.78. The molecular weight excluding hydrogens is 412 g/mol. The number of anilines is 1. The molecule has 2 fully saturated rings. The van der Waals surface area contributed by atoms with Crippen LogP contribution in [0.4, 0.5) is 5.69 Å². The van der Waals surface area contributed by atoms with Crippen LogP contribution in [0, 0.1) is 20.8 Å². The number of aryl methyl sites for hydroxylation is 1. The van der Waals surface area contributed by atoms with Crippen LogP contribution in [-0.4, -0.2) is 67.4 Å². The van der Waals surface area contributed by atoms with Crippen molar-refractivity contribution in [3.8, 4) is 0 Å². The van der Waals surface area contributed by atoms with Crippen LogP contribution in [0.5, 0.6) is 0 Å². The van der Waals surface area contributed by atoms with E-state index < -0.39 is 10.0 Å². The second-order valence-corrected chi connectivity index (χ2v) is 10.6. The number of rotatable bonds is 4. The number of hydrogen-bond acceptors (Lipinski definition) is 4. The molecule has 2 aliphatic rings. The molecule has 2 saturated heterocycles. The molecule has 0 N–H and O–H groups in total. The minimum atomic E-state index is -3.56. The van der Waals surface area contributed by atoms with E-state index in [0.717, 1.165) is 25.9 Å². The maximum Gasteiger partial charge on any atom is 0.270 e. The van der Waals surface area contributed by atoms with Gasteiger partial charge in [-0.15, -0.1) is 0 Å². The lowest BCUT2D eigenvalue weighted by molar-refractivity contribution is 0.0737. The minimum Gasteiger partial charge on any atom is -0.368 e. The Labute approximate surface area is 185 Å². The number of amides is 1. The van der Waals surface area contributed by atoms with E-state index in [1.807, 2.05) is 4.90 Å². The summed E-state index contributed by atoms with van der Waals surface area (Å²) < 4.78 is 29.4. The summed E-state index contributed by atoms with van der Waals surface area (Å²) in [6, 6.07) is 7.90. The summed E-state index contributed by atoms with van der Waals surface area (Å²) in [6.07, 6.45) is 1.78. The normalized spacial score (nSPS) is 18.1. The number of nitrogens with zero attached hydrogens (tertiary/aromatic N) is 4. The van der Waals surface area contributed by atoms with Crippen molar-refractivity contribution in [2.24, 2.45) is 7.05 Å². The topological polar surface area (TPSA) is 65.9 Å². The number of piperazine rings is 1. The average Bonchev–Trinajstić information content (AvgIpc) is 3.40. The molecule has 7 nitrogen and oxygen atoms in total. The van der Waals surface area contributed by atoms with E-state index in [0.29, 0.717) is 37.6 Å². The van der Waals surface area contributed by atoms with Gasteiger partial charge in [0.2, 0.25) is 10.0 Å². The van der Waals surface area contributed by atoms with Crippen molar-refractivity contribution < 1.29 is 13.2 Å². The van der Waals surface area contributed by atoms with E-state index >= 15 is 0 Å². The Morgan fingerprint density at radius 3 is 2.23 bits per heavy atom. The molecule has 3 heterocycles. The molecule has 0 radical (unpaired) electrons. The fourth-order valence-corrected chi connectivity index (χ4v) is 6.38. The Hall–Kier alpha value is -2.32. The van der Waals surface area contributed by atoms with E-state index in [2.05, 4.69) is 36.9 Å². The highest BCUT2D eigenvalue weighted by Crippen LogP contribution is 2.28. The molecule has 31 heavy (non-hydrogen) atoms. The van der Waals surface area contributed by atoms with Gasteiger partial charge in [-0.1, -0.05) is 12.1 Å². The highest BCUT2D eigenvalue weighted by molar-refractivity contribution is 7.89. The molecule has 2 aliphatic heterocycles. The number of sulfonamides is 1.